The Labute approximate surface area is 132 Å². The van der Waals surface area contributed by atoms with Gasteiger partial charge in [-0.05, 0) is 58.5 Å². The Kier molecular flexibility index (Phi) is 6.51. The summed E-state index contributed by atoms with van der Waals surface area (Å²) in [5.74, 6) is 1.82. The summed E-state index contributed by atoms with van der Waals surface area (Å²) in [6.07, 6.45) is 5.62. The number of piperazine rings is 1. The van der Waals surface area contributed by atoms with Gasteiger partial charge in [-0.25, -0.2) is 0 Å². The molecule has 0 radical (unpaired) electrons. The summed E-state index contributed by atoms with van der Waals surface area (Å²) in [5.41, 5.74) is 0. The van der Waals surface area contributed by atoms with Crippen molar-refractivity contribution in [1.82, 2.24) is 15.1 Å². The molecule has 1 aliphatic carbocycles. The lowest BCUT2D eigenvalue weighted by Gasteiger charge is -2.45. The van der Waals surface area contributed by atoms with Crippen LogP contribution < -0.4 is 5.32 Å². The van der Waals surface area contributed by atoms with Crippen molar-refractivity contribution in [3.05, 3.63) is 0 Å². The molecule has 2 fully saturated rings. The molecule has 0 spiro atoms. The normalized spacial score (nSPS) is 39.6. The number of rotatable bonds is 5. The lowest BCUT2D eigenvalue weighted by atomic mass is 9.76. The third-order valence-electron chi connectivity index (χ3n) is 6.06. The molecule has 0 aromatic carbocycles. The summed E-state index contributed by atoms with van der Waals surface area (Å²) in [4.78, 5) is 5.27. The summed E-state index contributed by atoms with van der Waals surface area (Å²) in [5, 5.41) is 3.76. The zero-order valence-corrected chi connectivity index (χ0v) is 14.9. The lowest BCUT2D eigenvalue weighted by Crippen LogP contribution is -2.57. The SMILES string of the molecule is CCNC1CCC(CC)CC1CN1CC(C)N(C)C(C)C1. The Bertz CT molecular complexity index is 295. The van der Waals surface area contributed by atoms with Crippen LogP contribution in [-0.2, 0) is 0 Å². The standard InChI is InChI=1S/C18H37N3/c1-6-16-8-9-18(19-7-2)17(10-16)13-21-11-14(3)20(5)15(4)12-21/h14-19H,6-13H2,1-5H3. The second-order valence-corrected chi connectivity index (χ2v) is 7.59. The van der Waals surface area contributed by atoms with Crippen LogP contribution >= 0.6 is 0 Å². The van der Waals surface area contributed by atoms with Crippen LogP contribution in [-0.4, -0.2) is 61.2 Å². The van der Waals surface area contributed by atoms with Gasteiger partial charge >= 0.3 is 0 Å². The molecule has 2 rings (SSSR count). The number of hydrogen-bond acceptors (Lipinski definition) is 3. The topological polar surface area (TPSA) is 18.5 Å². The molecule has 3 nitrogen and oxygen atoms in total. The fraction of sp³-hybridized carbons (Fsp3) is 1.00. The Morgan fingerprint density at radius 2 is 1.71 bits per heavy atom. The van der Waals surface area contributed by atoms with Crippen LogP contribution in [0.4, 0.5) is 0 Å². The smallest absolute Gasteiger partial charge is 0.0195 e. The number of nitrogens with one attached hydrogen (secondary N) is 1. The summed E-state index contributed by atoms with van der Waals surface area (Å²) < 4.78 is 0. The van der Waals surface area contributed by atoms with Gasteiger partial charge in [0.25, 0.3) is 0 Å². The minimum absolute atomic E-state index is 0.692. The van der Waals surface area contributed by atoms with Crippen molar-refractivity contribution in [3.8, 4) is 0 Å². The van der Waals surface area contributed by atoms with E-state index in [9.17, 15) is 0 Å². The summed E-state index contributed by atoms with van der Waals surface area (Å²) in [7, 11) is 2.28. The predicted molar refractivity (Wildman–Crippen MR) is 91.7 cm³/mol. The molecule has 5 unspecified atom stereocenters. The first-order valence-electron chi connectivity index (χ1n) is 9.22. The Morgan fingerprint density at radius 1 is 1.05 bits per heavy atom. The molecule has 1 saturated heterocycles. The van der Waals surface area contributed by atoms with Crippen LogP contribution in [0.15, 0.2) is 0 Å². The van der Waals surface area contributed by atoms with Gasteiger partial charge in [-0.15, -0.1) is 0 Å². The summed E-state index contributed by atoms with van der Waals surface area (Å²) in [6, 6.07) is 2.14. The first kappa shape index (κ1) is 17.2. The first-order chi connectivity index (χ1) is 10.0. The van der Waals surface area contributed by atoms with Gasteiger partial charge in [-0.2, -0.15) is 0 Å². The maximum absolute atomic E-state index is 3.76. The first-order valence-corrected chi connectivity index (χ1v) is 9.22. The average molecular weight is 296 g/mol. The molecule has 0 aromatic heterocycles. The number of likely N-dealkylation sites (N-methyl/N-ethyl adjacent to an activating group) is 1. The van der Waals surface area contributed by atoms with Crippen LogP contribution in [0, 0.1) is 11.8 Å². The molecule has 0 aromatic rings. The zero-order chi connectivity index (χ0) is 15.4. The van der Waals surface area contributed by atoms with Gasteiger partial charge in [0, 0.05) is 37.8 Å². The summed E-state index contributed by atoms with van der Waals surface area (Å²) >= 11 is 0. The van der Waals surface area contributed by atoms with E-state index >= 15 is 0 Å². The van der Waals surface area contributed by atoms with Gasteiger partial charge in [0.2, 0.25) is 0 Å². The minimum atomic E-state index is 0.692. The molecular formula is C18H37N3. The third-order valence-corrected chi connectivity index (χ3v) is 6.06. The van der Waals surface area contributed by atoms with Gasteiger partial charge in [-0.1, -0.05) is 20.3 Å². The van der Waals surface area contributed by atoms with Gasteiger partial charge in [0.15, 0.2) is 0 Å². The molecule has 5 atom stereocenters. The summed E-state index contributed by atoms with van der Waals surface area (Å²) in [6.45, 7) is 14.3. The van der Waals surface area contributed by atoms with E-state index in [1.807, 2.05) is 0 Å². The second kappa shape index (κ2) is 7.94. The fourth-order valence-corrected chi connectivity index (χ4v) is 4.46. The minimum Gasteiger partial charge on any atom is -0.314 e. The molecule has 21 heavy (non-hydrogen) atoms. The molecule has 0 bridgehead atoms. The van der Waals surface area contributed by atoms with E-state index in [0.717, 1.165) is 24.4 Å². The van der Waals surface area contributed by atoms with Crippen molar-refractivity contribution in [2.45, 2.75) is 71.5 Å². The predicted octanol–water partition coefficient (Wildman–Crippen LogP) is 2.82. The van der Waals surface area contributed by atoms with Crippen LogP contribution in [0.3, 0.4) is 0 Å². The quantitative estimate of drug-likeness (QED) is 0.841. The van der Waals surface area contributed by atoms with Crippen molar-refractivity contribution in [2.75, 3.05) is 33.2 Å². The van der Waals surface area contributed by atoms with Crippen molar-refractivity contribution in [3.63, 3.8) is 0 Å². The largest absolute Gasteiger partial charge is 0.314 e. The van der Waals surface area contributed by atoms with Crippen LogP contribution in [0.2, 0.25) is 0 Å². The Hall–Kier alpha value is -0.120. The highest BCUT2D eigenvalue weighted by molar-refractivity contribution is 4.89. The highest BCUT2D eigenvalue weighted by atomic mass is 15.3. The van der Waals surface area contributed by atoms with E-state index in [1.54, 1.807) is 0 Å². The van der Waals surface area contributed by atoms with E-state index in [4.69, 9.17) is 0 Å². The highest BCUT2D eigenvalue weighted by Crippen LogP contribution is 2.32. The molecule has 1 heterocycles. The molecule has 3 heteroatoms. The second-order valence-electron chi connectivity index (χ2n) is 7.59. The molecular weight excluding hydrogens is 258 g/mol. The maximum Gasteiger partial charge on any atom is 0.0195 e. The van der Waals surface area contributed by atoms with Gasteiger partial charge < -0.3 is 5.32 Å². The van der Waals surface area contributed by atoms with Gasteiger partial charge in [-0.3, -0.25) is 9.80 Å². The maximum atomic E-state index is 3.76. The monoisotopic (exact) mass is 295 g/mol. The van der Waals surface area contributed by atoms with Gasteiger partial charge in [0.1, 0.15) is 0 Å². The Balaban J connectivity index is 1.94. The molecule has 124 valence electrons. The van der Waals surface area contributed by atoms with Crippen LogP contribution in [0.1, 0.15) is 53.4 Å². The van der Waals surface area contributed by atoms with Gasteiger partial charge in [0.05, 0.1) is 0 Å². The van der Waals surface area contributed by atoms with E-state index in [1.165, 1.54) is 45.3 Å². The molecule has 0 amide bonds. The average Bonchev–Trinajstić information content (AvgIpc) is 2.46. The van der Waals surface area contributed by atoms with E-state index in [0.29, 0.717) is 12.1 Å². The van der Waals surface area contributed by atoms with E-state index in [2.05, 4.69) is 49.9 Å². The van der Waals surface area contributed by atoms with E-state index in [-0.39, 0.29) is 0 Å². The molecule has 1 N–H and O–H groups in total. The van der Waals surface area contributed by atoms with Crippen molar-refractivity contribution in [2.24, 2.45) is 11.8 Å². The van der Waals surface area contributed by atoms with E-state index < -0.39 is 0 Å². The number of nitrogens with zero attached hydrogens (tertiary/aromatic N) is 2. The van der Waals surface area contributed by atoms with Crippen LogP contribution in [0.25, 0.3) is 0 Å². The van der Waals surface area contributed by atoms with Crippen molar-refractivity contribution >= 4 is 0 Å². The highest BCUT2D eigenvalue weighted by Gasteiger charge is 2.33. The third kappa shape index (κ3) is 4.43. The van der Waals surface area contributed by atoms with Crippen molar-refractivity contribution in [1.29, 1.82) is 0 Å². The Morgan fingerprint density at radius 3 is 2.29 bits per heavy atom. The van der Waals surface area contributed by atoms with Crippen LogP contribution in [0.5, 0.6) is 0 Å². The molecule has 2 aliphatic rings. The van der Waals surface area contributed by atoms with Crippen molar-refractivity contribution < 1.29 is 0 Å². The number of hydrogen-bond donors (Lipinski definition) is 1. The molecule has 1 saturated carbocycles. The zero-order valence-electron chi connectivity index (χ0n) is 14.9. The fourth-order valence-electron chi connectivity index (χ4n) is 4.46. The molecule has 1 aliphatic heterocycles. The lowest BCUT2D eigenvalue weighted by molar-refractivity contribution is 0.0373.